The molecule has 3 N–H and O–H groups in total. The molecule has 0 aliphatic carbocycles. The SMILES string of the molecule is CC1=CC(=O)C(NC(=O)NC(CC(=O)O)c2cc(C)cc(-c3ccccc3C)c2C)C(=O)N1C. The number of amides is 3. The molecular weight excluding hydrogens is 434 g/mol. The van der Waals surface area contributed by atoms with Gasteiger partial charge in [0.1, 0.15) is 0 Å². The molecule has 0 radical (unpaired) electrons. The van der Waals surface area contributed by atoms with Gasteiger partial charge in [0.2, 0.25) is 0 Å². The number of urea groups is 1. The van der Waals surface area contributed by atoms with E-state index in [9.17, 15) is 24.3 Å². The Balaban J connectivity index is 1.93. The van der Waals surface area contributed by atoms with Crippen LogP contribution in [0.25, 0.3) is 11.1 Å². The average molecular weight is 464 g/mol. The third kappa shape index (κ3) is 5.17. The maximum atomic E-state index is 12.8. The Morgan fingerprint density at radius 2 is 1.74 bits per heavy atom. The molecule has 3 rings (SSSR count). The second-order valence-electron chi connectivity index (χ2n) is 8.63. The first kappa shape index (κ1) is 24.7. The number of likely N-dealkylation sites (N-methyl/N-ethyl adjacent to an activating group) is 1. The van der Waals surface area contributed by atoms with E-state index >= 15 is 0 Å². The van der Waals surface area contributed by atoms with Gasteiger partial charge >= 0.3 is 12.0 Å². The number of carboxylic acids is 1. The Morgan fingerprint density at radius 1 is 1.06 bits per heavy atom. The predicted octanol–water partition coefficient (Wildman–Crippen LogP) is 3.41. The fourth-order valence-electron chi connectivity index (χ4n) is 4.16. The van der Waals surface area contributed by atoms with E-state index in [4.69, 9.17) is 0 Å². The highest BCUT2D eigenvalue weighted by Gasteiger charge is 2.35. The van der Waals surface area contributed by atoms with Gasteiger partial charge in [0.05, 0.1) is 12.5 Å². The van der Waals surface area contributed by atoms with Crippen LogP contribution in [0.2, 0.25) is 0 Å². The molecule has 0 bridgehead atoms. The van der Waals surface area contributed by atoms with Gasteiger partial charge in [-0.15, -0.1) is 0 Å². The lowest BCUT2D eigenvalue weighted by Crippen LogP contribution is -2.56. The van der Waals surface area contributed by atoms with Gasteiger partial charge < -0.3 is 20.6 Å². The number of ketones is 1. The normalized spacial score (nSPS) is 16.7. The number of hydrogen-bond donors (Lipinski definition) is 3. The molecule has 2 aromatic rings. The molecule has 178 valence electrons. The van der Waals surface area contributed by atoms with Gasteiger partial charge in [-0.05, 0) is 55.5 Å². The van der Waals surface area contributed by atoms with E-state index in [0.29, 0.717) is 11.3 Å². The Morgan fingerprint density at radius 3 is 2.38 bits per heavy atom. The molecule has 1 aliphatic heterocycles. The minimum absolute atomic E-state index is 0.365. The van der Waals surface area contributed by atoms with Gasteiger partial charge in [0, 0.05) is 18.8 Å². The maximum Gasteiger partial charge on any atom is 0.316 e. The molecule has 2 atom stereocenters. The smallest absolute Gasteiger partial charge is 0.316 e. The lowest BCUT2D eigenvalue weighted by molar-refractivity contribution is -0.138. The molecule has 0 fully saturated rings. The zero-order chi connectivity index (χ0) is 25.2. The van der Waals surface area contributed by atoms with Crippen LogP contribution < -0.4 is 10.6 Å². The summed E-state index contributed by atoms with van der Waals surface area (Å²) in [5.74, 6) is -2.17. The number of rotatable bonds is 6. The van der Waals surface area contributed by atoms with Crippen LogP contribution in [0.1, 0.15) is 41.6 Å². The largest absolute Gasteiger partial charge is 0.481 e. The number of allylic oxidation sites excluding steroid dienone is 1. The van der Waals surface area contributed by atoms with Crippen molar-refractivity contribution in [3.8, 4) is 11.1 Å². The highest BCUT2D eigenvalue weighted by atomic mass is 16.4. The molecular formula is C26H29N3O5. The molecule has 2 aromatic carbocycles. The quantitative estimate of drug-likeness (QED) is 0.568. The van der Waals surface area contributed by atoms with Crippen molar-refractivity contribution in [2.45, 2.75) is 46.2 Å². The molecule has 3 amide bonds. The fourth-order valence-corrected chi connectivity index (χ4v) is 4.16. The van der Waals surface area contributed by atoms with Gasteiger partial charge in [0.25, 0.3) is 5.91 Å². The van der Waals surface area contributed by atoms with Crippen LogP contribution in [0.5, 0.6) is 0 Å². The number of carbonyl (C=O) groups excluding carboxylic acids is 3. The van der Waals surface area contributed by atoms with E-state index in [1.165, 1.54) is 18.0 Å². The summed E-state index contributed by atoms with van der Waals surface area (Å²) >= 11 is 0. The van der Waals surface area contributed by atoms with Crippen molar-refractivity contribution in [3.63, 3.8) is 0 Å². The zero-order valence-corrected chi connectivity index (χ0v) is 19.9. The minimum Gasteiger partial charge on any atom is -0.481 e. The molecule has 8 heteroatoms. The third-order valence-electron chi connectivity index (χ3n) is 6.10. The molecule has 0 aromatic heterocycles. The van der Waals surface area contributed by atoms with Crippen molar-refractivity contribution in [1.82, 2.24) is 15.5 Å². The van der Waals surface area contributed by atoms with Gasteiger partial charge in [-0.2, -0.15) is 0 Å². The number of carboxylic acid groups (broad SMARTS) is 1. The number of nitrogens with one attached hydrogen (secondary N) is 2. The van der Waals surface area contributed by atoms with Crippen LogP contribution >= 0.6 is 0 Å². The molecule has 0 spiro atoms. The Kier molecular flexibility index (Phi) is 7.20. The number of carbonyl (C=O) groups is 4. The number of nitrogens with zero attached hydrogens (tertiary/aromatic N) is 1. The number of benzene rings is 2. The van der Waals surface area contributed by atoms with Crippen LogP contribution in [0.15, 0.2) is 48.2 Å². The summed E-state index contributed by atoms with van der Waals surface area (Å²) in [4.78, 5) is 50.5. The Hall–Kier alpha value is -3.94. The maximum absolute atomic E-state index is 12.8. The Labute approximate surface area is 198 Å². The first-order chi connectivity index (χ1) is 16.0. The summed E-state index contributed by atoms with van der Waals surface area (Å²) < 4.78 is 0. The van der Waals surface area contributed by atoms with Crippen molar-refractivity contribution >= 4 is 23.7 Å². The van der Waals surface area contributed by atoms with Crippen LogP contribution in [0, 0.1) is 20.8 Å². The minimum atomic E-state index is -1.36. The summed E-state index contributed by atoms with van der Waals surface area (Å²) in [6, 6.07) is 8.75. The van der Waals surface area contributed by atoms with Gasteiger partial charge in [-0.25, -0.2) is 4.79 Å². The first-order valence-electron chi connectivity index (χ1n) is 10.9. The average Bonchev–Trinajstić information content (AvgIpc) is 2.76. The molecule has 1 aliphatic rings. The van der Waals surface area contributed by atoms with Crippen molar-refractivity contribution < 1.29 is 24.3 Å². The monoisotopic (exact) mass is 463 g/mol. The topological polar surface area (TPSA) is 116 Å². The van der Waals surface area contributed by atoms with E-state index in [2.05, 4.69) is 10.6 Å². The molecule has 1 heterocycles. The zero-order valence-electron chi connectivity index (χ0n) is 19.9. The fraction of sp³-hybridized carbons (Fsp3) is 0.308. The Bertz CT molecular complexity index is 1200. The lowest BCUT2D eigenvalue weighted by Gasteiger charge is -2.29. The number of aryl methyl sites for hydroxylation is 2. The summed E-state index contributed by atoms with van der Waals surface area (Å²) in [7, 11) is 1.52. The van der Waals surface area contributed by atoms with Crippen molar-refractivity contribution in [2.24, 2.45) is 0 Å². The first-order valence-corrected chi connectivity index (χ1v) is 10.9. The van der Waals surface area contributed by atoms with Gasteiger partial charge in [-0.1, -0.05) is 42.0 Å². The lowest BCUT2D eigenvalue weighted by atomic mass is 9.88. The van der Waals surface area contributed by atoms with Crippen LogP contribution in [-0.2, 0) is 14.4 Å². The highest BCUT2D eigenvalue weighted by molar-refractivity contribution is 6.15. The predicted molar refractivity (Wildman–Crippen MR) is 128 cm³/mol. The van der Waals surface area contributed by atoms with E-state index in [0.717, 1.165) is 27.8 Å². The van der Waals surface area contributed by atoms with Crippen LogP contribution in [0.3, 0.4) is 0 Å². The number of aliphatic carboxylic acids is 1. The standard InChI is InChI=1S/C26H29N3O5/c1-14-10-19(18-9-7-6-8-15(18)2)17(4)20(11-14)21(13-23(31)32)27-26(34)28-24-22(30)12-16(3)29(5)25(24)33/h6-12,21,24H,13H2,1-5H3,(H,31,32)(H2,27,28,34). The van der Waals surface area contributed by atoms with Crippen molar-refractivity contribution in [2.75, 3.05) is 7.05 Å². The van der Waals surface area contributed by atoms with E-state index in [1.807, 2.05) is 57.2 Å². The van der Waals surface area contributed by atoms with Crippen LogP contribution in [-0.4, -0.2) is 46.8 Å². The molecule has 2 unspecified atom stereocenters. The summed E-state index contributed by atoms with van der Waals surface area (Å²) in [6.07, 6.45) is 0.927. The second-order valence-corrected chi connectivity index (χ2v) is 8.63. The van der Waals surface area contributed by atoms with E-state index < -0.39 is 35.8 Å². The van der Waals surface area contributed by atoms with Gasteiger partial charge in [0.15, 0.2) is 11.8 Å². The highest BCUT2D eigenvalue weighted by Crippen LogP contribution is 2.33. The van der Waals surface area contributed by atoms with E-state index in [1.54, 1.807) is 6.92 Å². The summed E-state index contributed by atoms with van der Waals surface area (Å²) in [6.45, 7) is 7.43. The molecule has 8 nitrogen and oxygen atoms in total. The summed E-state index contributed by atoms with van der Waals surface area (Å²) in [5, 5.41) is 14.6. The molecule has 34 heavy (non-hydrogen) atoms. The second kappa shape index (κ2) is 9.91. The van der Waals surface area contributed by atoms with E-state index in [-0.39, 0.29) is 6.42 Å². The number of hydrogen-bond acceptors (Lipinski definition) is 4. The molecule has 0 saturated heterocycles. The van der Waals surface area contributed by atoms with Crippen molar-refractivity contribution in [1.29, 1.82) is 0 Å². The third-order valence-corrected chi connectivity index (χ3v) is 6.10. The summed E-state index contributed by atoms with van der Waals surface area (Å²) in [5.41, 5.74) is 5.94. The van der Waals surface area contributed by atoms with Gasteiger partial charge in [-0.3, -0.25) is 14.4 Å². The van der Waals surface area contributed by atoms with Crippen LogP contribution in [0.4, 0.5) is 4.79 Å². The van der Waals surface area contributed by atoms with Crippen molar-refractivity contribution in [3.05, 3.63) is 70.4 Å². The molecule has 0 saturated carbocycles.